The van der Waals surface area contributed by atoms with Gasteiger partial charge in [-0.2, -0.15) is 5.10 Å². The van der Waals surface area contributed by atoms with Gasteiger partial charge in [-0.25, -0.2) is 0 Å². The van der Waals surface area contributed by atoms with E-state index in [1.807, 2.05) is 16.8 Å². The van der Waals surface area contributed by atoms with Crippen LogP contribution in [-0.4, -0.2) is 14.9 Å². The zero-order valence-electron chi connectivity index (χ0n) is 18.2. The van der Waals surface area contributed by atoms with Crippen molar-refractivity contribution in [3.8, 4) is 28.3 Å². The summed E-state index contributed by atoms with van der Waals surface area (Å²) in [5.74, 6) is 0.0216. The van der Waals surface area contributed by atoms with Crippen LogP contribution >= 0.6 is 46.4 Å². The molecule has 0 fully saturated rings. The Balaban J connectivity index is 1.84. The van der Waals surface area contributed by atoms with Crippen LogP contribution in [0.25, 0.3) is 22.5 Å². The molecule has 3 rings (SSSR count). The number of aryl methyl sites for hydroxylation is 1. The van der Waals surface area contributed by atoms with E-state index in [9.17, 15) is 5.11 Å². The Morgan fingerprint density at radius 3 is 2.09 bits per heavy atom. The molecule has 0 aliphatic rings. The summed E-state index contributed by atoms with van der Waals surface area (Å²) >= 11 is 25.0. The van der Waals surface area contributed by atoms with Crippen LogP contribution in [0.5, 0.6) is 5.75 Å². The van der Waals surface area contributed by atoms with Gasteiger partial charge in [0.15, 0.2) is 0 Å². The Bertz CT molecular complexity index is 1030. The van der Waals surface area contributed by atoms with Crippen LogP contribution in [-0.2, 0) is 6.54 Å². The first kappa shape index (κ1) is 25.2. The Morgan fingerprint density at radius 2 is 1.44 bits per heavy atom. The fourth-order valence-corrected chi connectivity index (χ4v) is 4.91. The molecule has 32 heavy (non-hydrogen) atoms. The predicted octanol–water partition coefficient (Wildman–Crippen LogP) is 9.68. The van der Waals surface area contributed by atoms with E-state index in [1.54, 1.807) is 18.2 Å². The fraction of sp³-hybridized carbons (Fsp3) is 0.400. The van der Waals surface area contributed by atoms with Gasteiger partial charge in [0.25, 0.3) is 0 Å². The number of benzene rings is 2. The van der Waals surface area contributed by atoms with Crippen LogP contribution in [0.15, 0.2) is 36.4 Å². The van der Waals surface area contributed by atoms with Crippen molar-refractivity contribution in [3.05, 3.63) is 56.5 Å². The van der Waals surface area contributed by atoms with Gasteiger partial charge in [0.2, 0.25) is 0 Å². The minimum atomic E-state index is 0.0216. The molecule has 172 valence electrons. The van der Waals surface area contributed by atoms with Gasteiger partial charge in [-0.1, -0.05) is 98.3 Å². The molecule has 0 atom stereocenters. The molecule has 1 aromatic heterocycles. The van der Waals surface area contributed by atoms with Gasteiger partial charge >= 0.3 is 0 Å². The molecule has 0 saturated heterocycles. The lowest BCUT2D eigenvalue weighted by molar-refractivity contribution is 0.475. The second-order valence-electron chi connectivity index (χ2n) is 8.02. The fourth-order valence-electron chi connectivity index (χ4n) is 3.83. The third-order valence-corrected chi connectivity index (χ3v) is 6.56. The van der Waals surface area contributed by atoms with Gasteiger partial charge in [-0.05, 0) is 42.8 Å². The number of hydrogen-bond acceptors (Lipinski definition) is 2. The Hall–Kier alpha value is -1.39. The predicted molar refractivity (Wildman–Crippen MR) is 137 cm³/mol. The Labute approximate surface area is 210 Å². The highest BCUT2D eigenvalue weighted by molar-refractivity contribution is 6.37. The summed E-state index contributed by atoms with van der Waals surface area (Å²) in [6, 6.07) is 10.3. The minimum absolute atomic E-state index is 0.0216. The standard InChI is InChI=1S/C25H28Cl4N2O/c1-2-3-4-5-6-7-8-9-12-31-23(25-21(29)14-18(27)15-24(25)32)16-22(30-31)19-11-10-17(26)13-20(19)28/h10-11,13-16,32H,2-9,12H2,1H3. The lowest BCUT2D eigenvalue weighted by atomic mass is 10.1. The maximum Gasteiger partial charge on any atom is 0.127 e. The summed E-state index contributed by atoms with van der Waals surface area (Å²) in [4.78, 5) is 0. The summed E-state index contributed by atoms with van der Waals surface area (Å²) in [5, 5.41) is 17.2. The van der Waals surface area contributed by atoms with E-state index in [0.29, 0.717) is 37.9 Å². The van der Waals surface area contributed by atoms with Gasteiger partial charge in [-0.3, -0.25) is 4.68 Å². The zero-order valence-corrected chi connectivity index (χ0v) is 21.2. The van der Waals surface area contributed by atoms with E-state index >= 15 is 0 Å². The summed E-state index contributed by atoms with van der Waals surface area (Å²) in [6.45, 7) is 2.95. The topological polar surface area (TPSA) is 38.0 Å². The summed E-state index contributed by atoms with van der Waals surface area (Å²) < 4.78 is 1.90. The van der Waals surface area contributed by atoms with Crippen molar-refractivity contribution in [2.75, 3.05) is 0 Å². The maximum atomic E-state index is 10.6. The first-order valence-corrected chi connectivity index (χ1v) is 12.6. The van der Waals surface area contributed by atoms with E-state index in [4.69, 9.17) is 51.5 Å². The molecule has 0 bridgehead atoms. The number of halogens is 4. The average molecular weight is 514 g/mol. The molecule has 1 heterocycles. The molecule has 1 N–H and O–H groups in total. The van der Waals surface area contributed by atoms with Crippen LogP contribution in [0, 0.1) is 0 Å². The van der Waals surface area contributed by atoms with Gasteiger partial charge in [0.05, 0.1) is 27.0 Å². The molecule has 0 aliphatic heterocycles. The average Bonchev–Trinajstić information content (AvgIpc) is 3.12. The number of aromatic hydroxyl groups is 1. The van der Waals surface area contributed by atoms with Crippen molar-refractivity contribution in [2.45, 2.75) is 64.8 Å². The Kier molecular flexibility index (Phi) is 9.61. The van der Waals surface area contributed by atoms with Crippen molar-refractivity contribution >= 4 is 46.4 Å². The molecular formula is C25H28Cl4N2O. The lowest BCUT2D eigenvalue weighted by Gasteiger charge is -2.11. The number of hydrogen-bond donors (Lipinski definition) is 1. The third kappa shape index (κ3) is 6.57. The third-order valence-electron chi connectivity index (χ3n) is 5.50. The quantitative estimate of drug-likeness (QED) is 0.259. The molecule has 0 aliphatic carbocycles. The van der Waals surface area contributed by atoms with Crippen LogP contribution in [0.3, 0.4) is 0 Å². The van der Waals surface area contributed by atoms with E-state index in [2.05, 4.69) is 6.92 Å². The van der Waals surface area contributed by atoms with Crippen LogP contribution in [0.1, 0.15) is 58.3 Å². The van der Waals surface area contributed by atoms with Crippen LogP contribution in [0.2, 0.25) is 20.1 Å². The van der Waals surface area contributed by atoms with Gasteiger partial charge in [-0.15, -0.1) is 0 Å². The molecule has 3 aromatic rings. The largest absolute Gasteiger partial charge is 0.507 e. The van der Waals surface area contributed by atoms with E-state index in [-0.39, 0.29) is 5.75 Å². The molecule has 2 aromatic carbocycles. The SMILES string of the molecule is CCCCCCCCCCn1nc(-c2ccc(Cl)cc2Cl)cc1-c1c(O)cc(Cl)cc1Cl. The molecule has 0 amide bonds. The van der Waals surface area contributed by atoms with E-state index in [0.717, 1.165) is 24.1 Å². The number of phenols is 1. The van der Waals surface area contributed by atoms with Crippen molar-refractivity contribution in [1.29, 1.82) is 0 Å². The minimum Gasteiger partial charge on any atom is -0.507 e. The van der Waals surface area contributed by atoms with Gasteiger partial charge in [0.1, 0.15) is 5.75 Å². The van der Waals surface area contributed by atoms with Gasteiger partial charge in [0, 0.05) is 22.2 Å². The maximum absolute atomic E-state index is 10.6. The molecule has 7 heteroatoms. The van der Waals surface area contributed by atoms with Crippen molar-refractivity contribution in [3.63, 3.8) is 0 Å². The van der Waals surface area contributed by atoms with Gasteiger partial charge < -0.3 is 5.11 Å². The number of rotatable bonds is 11. The first-order valence-electron chi connectivity index (χ1n) is 11.1. The summed E-state index contributed by atoms with van der Waals surface area (Å²) in [6.07, 6.45) is 9.80. The van der Waals surface area contributed by atoms with Crippen molar-refractivity contribution in [2.24, 2.45) is 0 Å². The number of nitrogens with zero attached hydrogens (tertiary/aromatic N) is 2. The number of unbranched alkanes of at least 4 members (excludes halogenated alkanes) is 7. The monoisotopic (exact) mass is 512 g/mol. The second kappa shape index (κ2) is 12.2. The summed E-state index contributed by atoms with van der Waals surface area (Å²) in [5.41, 5.74) is 2.72. The number of aromatic nitrogens is 2. The number of phenolic OH excluding ortho intramolecular Hbond substituents is 1. The second-order valence-corrected chi connectivity index (χ2v) is 9.71. The van der Waals surface area contributed by atoms with Crippen LogP contribution < -0.4 is 0 Å². The van der Waals surface area contributed by atoms with Crippen LogP contribution in [0.4, 0.5) is 0 Å². The summed E-state index contributed by atoms with van der Waals surface area (Å²) in [7, 11) is 0. The molecular weight excluding hydrogens is 486 g/mol. The van der Waals surface area contributed by atoms with E-state index < -0.39 is 0 Å². The molecule has 0 radical (unpaired) electrons. The zero-order chi connectivity index (χ0) is 23.1. The first-order chi connectivity index (χ1) is 15.4. The van der Waals surface area contributed by atoms with Crippen molar-refractivity contribution in [1.82, 2.24) is 9.78 Å². The highest BCUT2D eigenvalue weighted by Crippen LogP contribution is 2.40. The Morgan fingerprint density at radius 1 is 0.781 bits per heavy atom. The molecule has 0 saturated carbocycles. The molecule has 0 spiro atoms. The normalized spacial score (nSPS) is 11.3. The lowest BCUT2D eigenvalue weighted by Crippen LogP contribution is -2.03. The van der Waals surface area contributed by atoms with Crippen molar-refractivity contribution < 1.29 is 5.11 Å². The highest BCUT2D eigenvalue weighted by Gasteiger charge is 2.19. The van der Waals surface area contributed by atoms with E-state index in [1.165, 1.54) is 44.6 Å². The molecule has 3 nitrogen and oxygen atoms in total. The smallest absolute Gasteiger partial charge is 0.127 e. The molecule has 0 unspecified atom stereocenters. The highest BCUT2D eigenvalue weighted by atomic mass is 35.5.